The zero-order chi connectivity index (χ0) is 14.7. The van der Waals surface area contributed by atoms with Gasteiger partial charge in [-0.1, -0.05) is 5.21 Å². The first-order valence-electron chi connectivity index (χ1n) is 7.75. The second-order valence-electron chi connectivity index (χ2n) is 5.95. The van der Waals surface area contributed by atoms with Gasteiger partial charge >= 0.3 is 0 Å². The van der Waals surface area contributed by atoms with Gasteiger partial charge in [0.1, 0.15) is 0 Å². The van der Waals surface area contributed by atoms with E-state index in [0.717, 1.165) is 45.6 Å². The standard InChI is InChI=1S/C14H23N5O2/c1-10(11-4-7-21-9-11)16-14(20)13-8-19(18-17-13)12-2-5-15-6-3-12/h8,10-12,15H,2-7,9H2,1H3,(H,16,20). The minimum atomic E-state index is -0.144. The molecule has 0 aromatic carbocycles. The molecule has 0 bridgehead atoms. The maximum Gasteiger partial charge on any atom is 0.273 e. The first kappa shape index (κ1) is 14.5. The van der Waals surface area contributed by atoms with Crippen LogP contribution >= 0.6 is 0 Å². The van der Waals surface area contributed by atoms with Gasteiger partial charge in [0, 0.05) is 18.6 Å². The van der Waals surface area contributed by atoms with Crippen LogP contribution in [-0.4, -0.2) is 53.2 Å². The lowest BCUT2D eigenvalue weighted by Gasteiger charge is -2.22. The maximum absolute atomic E-state index is 12.2. The number of nitrogens with one attached hydrogen (secondary N) is 2. The van der Waals surface area contributed by atoms with Crippen LogP contribution in [0.15, 0.2) is 6.20 Å². The smallest absolute Gasteiger partial charge is 0.273 e. The van der Waals surface area contributed by atoms with Gasteiger partial charge in [-0.05, 0) is 39.3 Å². The Hall–Kier alpha value is -1.47. The van der Waals surface area contributed by atoms with Crippen molar-refractivity contribution in [3.05, 3.63) is 11.9 Å². The van der Waals surface area contributed by atoms with Crippen molar-refractivity contribution in [2.45, 2.75) is 38.3 Å². The highest BCUT2D eigenvalue weighted by Crippen LogP contribution is 2.18. The first-order valence-corrected chi connectivity index (χ1v) is 7.75. The number of piperidine rings is 1. The van der Waals surface area contributed by atoms with Gasteiger partial charge in [0.25, 0.3) is 5.91 Å². The van der Waals surface area contributed by atoms with E-state index < -0.39 is 0 Å². The Morgan fingerprint density at radius 3 is 3.00 bits per heavy atom. The number of hydrogen-bond acceptors (Lipinski definition) is 5. The molecule has 116 valence electrons. The molecule has 3 rings (SSSR count). The van der Waals surface area contributed by atoms with E-state index in [1.54, 1.807) is 6.20 Å². The predicted molar refractivity (Wildman–Crippen MR) is 77.0 cm³/mol. The third kappa shape index (κ3) is 3.41. The monoisotopic (exact) mass is 293 g/mol. The molecule has 2 saturated heterocycles. The van der Waals surface area contributed by atoms with Gasteiger partial charge in [-0.25, -0.2) is 4.68 Å². The van der Waals surface area contributed by atoms with Crippen LogP contribution < -0.4 is 10.6 Å². The molecule has 0 spiro atoms. The molecule has 2 aliphatic heterocycles. The molecule has 7 heteroatoms. The third-order valence-corrected chi connectivity index (χ3v) is 4.46. The van der Waals surface area contributed by atoms with Crippen molar-refractivity contribution < 1.29 is 9.53 Å². The zero-order valence-corrected chi connectivity index (χ0v) is 12.4. The molecule has 1 aromatic rings. The zero-order valence-electron chi connectivity index (χ0n) is 12.4. The number of hydrogen-bond donors (Lipinski definition) is 2. The van der Waals surface area contributed by atoms with Crippen LogP contribution in [0.5, 0.6) is 0 Å². The molecule has 2 atom stereocenters. The van der Waals surface area contributed by atoms with Crippen LogP contribution in [0.25, 0.3) is 0 Å². The number of ether oxygens (including phenoxy) is 1. The number of amides is 1. The van der Waals surface area contributed by atoms with Crippen molar-refractivity contribution >= 4 is 5.91 Å². The molecule has 2 fully saturated rings. The van der Waals surface area contributed by atoms with Crippen LogP contribution in [0.1, 0.15) is 42.7 Å². The van der Waals surface area contributed by atoms with Gasteiger partial charge in [0.2, 0.25) is 0 Å². The van der Waals surface area contributed by atoms with Gasteiger partial charge in [0.05, 0.1) is 18.8 Å². The van der Waals surface area contributed by atoms with E-state index in [0.29, 0.717) is 17.7 Å². The third-order valence-electron chi connectivity index (χ3n) is 4.46. The van der Waals surface area contributed by atoms with Crippen LogP contribution in [0, 0.1) is 5.92 Å². The summed E-state index contributed by atoms with van der Waals surface area (Å²) < 4.78 is 7.19. The van der Waals surface area contributed by atoms with E-state index in [4.69, 9.17) is 4.74 Å². The Labute approximate surface area is 124 Å². The highest BCUT2D eigenvalue weighted by atomic mass is 16.5. The van der Waals surface area contributed by atoms with Gasteiger partial charge in [-0.15, -0.1) is 5.10 Å². The minimum absolute atomic E-state index is 0.101. The fourth-order valence-corrected chi connectivity index (χ4v) is 2.98. The van der Waals surface area contributed by atoms with Crippen molar-refractivity contribution in [1.29, 1.82) is 0 Å². The van der Waals surface area contributed by atoms with Crippen LogP contribution in [0.4, 0.5) is 0 Å². The number of carbonyl (C=O) groups is 1. The number of aromatic nitrogens is 3. The molecule has 21 heavy (non-hydrogen) atoms. The van der Waals surface area contributed by atoms with Gasteiger partial charge < -0.3 is 15.4 Å². The Morgan fingerprint density at radius 1 is 1.48 bits per heavy atom. The molecule has 0 aliphatic carbocycles. The molecule has 0 radical (unpaired) electrons. The van der Waals surface area contributed by atoms with E-state index in [9.17, 15) is 4.79 Å². The number of carbonyl (C=O) groups excluding carboxylic acids is 1. The molecule has 1 aromatic heterocycles. The topological polar surface area (TPSA) is 81.1 Å². The number of nitrogens with zero attached hydrogens (tertiary/aromatic N) is 3. The minimum Gasteiger partial charge on any atom is -0.381 e. The normalized spacial score (nSPS) is 24.9. The summed E-state index contributed by atoms with van der Waals surface area (Å²) in [5.74, 6) is 0.253. The van der Waals surface area contributed by atoms with Crippen molar-refractivity contribution in [1.82, 2.24) is 25.6 Å². The molecule has 2 aliphatic rings. The summed E-state index contributed by atoms with van der Waals surface area (Å²) in [6.45, 7) is 5.52. The van der Waals surface area contributed by atoms with Crippen molar-refractivity contribution in [2.24, 2.45) is 5.92 Å². The maximum atomic E-state index is 12.2. The predicted octanol–water partition coefficient (Wildman–Crippen LogP) is 0.357. The van der Waals surface area contributed by atoms with E-state index >= 15 is 0 Å². The van der Waals surface area contributed by atoms with E-state index in [-0.39, 0.29) is 11.9 Å². The highest BCUT2D eigenvalue weighted by molar-refractivity contribution is 5.92. The fraction of sp³-hybridized carbons (Fsp3) is 0.786. The summed E-state index contributed by atoms with van der Waals surface area (Å²) in [6.07, 6.45) is 4.83. The first-order chi connectivity index (χ1) is 10.2. The summed E-state index contributed by atoms with van der Waals surface area (Å²) in [6, 6.07) is 0.449. The fourth-order valence-electron chi connectivity index (χ4n) is 2.98. The van der Waals surface area contributed by atoms with Crippen LogP contribution in [0.2, 0.25) is 0 Å². The van der Waals surface area contributed by atoms with Crippen molar-refractivity contribution in [3.63, 3.8) is 0 Å². The molecule has 2 N–H and O–H groups in total. The SMILES string of the molecule is CC(NC(=O)c1cn(C2CCNCC2)nn1)C1CCOC1. The lowest BCUT2D eigenvalue weighted by Crippen LogP contribution is -2.38. The second kappa shape index (κ2) is 6.53. The summed E-state index contributed by atoms with van der Waals surface area (Å²) in [4.78, 5) is 12.2. The molecule has 2 unspecified atom stereocenters. The molecule has 0 saturated carbocycles. The molecular formula is C14H23N5O2. The molecule has 1 amide bonds. The summed E-state index contributed by atoms with van der Waals surface area (Å²) >= 11 is 0. The summed E-state index contributed by atoms with van der Waals surface area (Å²) in [7, 11) is 0. The average Bonchev–Trinajstić information content (AvgIpc) is 3.20. The molecule has 3 heterocycles. The largest absolute Gasteiger partial charge is 0.381 e. The lowest BCUT2D eigenvalue weighted by molar-refractivity contribution is 0.0917. The lowest BCUT2D eigenvalue weighted by atomic mass is 10.0. The van der Waals surface area contributed by atoms with Gasteiger partial charge in [0.15, 0.2) is 5.69 Å². The van der Waals surface area contributed by atoms with Gasteiger partial charge in [-0.3, -0.25) is 4.79 Å². The van der Waals surface area contributed by atoms with Crippen LogP contribution in [0.3, 0.4) is 0 Å². The molecular weight excluding hydrogens is 270 g/mol. The Morgan fingerprint density at radius 2 is 2.29 bits per heavy atom. The van der Waals surface area contributed by atoms with E-state index in [1.165, 1.54) is 0 Å². The summed E-state index contributed by atoms with van der Waals surface area (Å²) in [5, 5.41) is 14.5. The Bertz CT molecular complexity index is 477. The van der Waals surface area contributed by atoms with Crippen molar-refractivity contribution in [2.75, 3.05) is 26.3 Å². The molecule has 7 nitrogen and oxygen atoms in total. The number of rotatable bonds is 4. The van der Waals surface area contributed by atoms with E-state index in [2.05, 4.69) is 20.9 Å². The Kier molecular flexibility index (Phi) is 4.50. The second-order valence-corrected chi connectivity index (χ2v) is 5.95. The van der Waals surface area contributed by atoms with Crippen LogP contribution in [-0.2, 0) is 4.74 Å². The average molecular weight is 293 g/mol. The highest BCUT2D eigenvalue weighted by Gasteiger charge is 2.25. The Balaban J connectivity index is 1.58. The quantitative estimate of drug-likeness (QED) is 0.837. The van der Waals surface area contributed by atoms with Crippen molar-refractivity contribution in [3.8, 4) is 0 Å². The van der Waals surface area contributed by atoms with E-state index in [1.807, 2.05) is 11.6 Å². The van der Waals surface area contributed by atoms with Gasteiger partial charge in [-0.2, -0.15) is 0 Å². The summed E-state index contributed by atoms with van der Waals surface area (Å²) in [5.41, 5.74) is 0.402.